The zero-order chi connectivity index (χ0) is 12.4. The number of alkyl halides is 1. The molecule has 16 heavy (non-hydrogen) atoms. The molecule has 0 bridgehead atoms. The molecule has 96 valence electrons. The number of nitrogens with zero attached hydrogens (tertiary/aromatic N) is 1. The van der Waals surface area contributed by atoms with Crippen molar-refractivity contribution < 1.29 is 19.2 Å². The van der Waals surface area contributed by atoms with Gasteiger partial charge in [-0.3, -0.25) is 4.79 Å². The lowest BCUT2D eigenvalue weighted by Crippen LogP contribution is -2.55. The smallest absolute Gasteiger partial charge is 0.269 e. The molecule has 0 aromatic carbocycles. The first-order valence-electron chi connectivity index (χ1n) is 5.46. The van der Waals surface area contributed by atoms with Crippen LogP contribution in [0.15, 0.2) is 0 Å². The van der Waals surface area contributed by atoms with E-state index in [1.165, 1.54) is 0 Å². The first-order chi connectivity index (χ1) is 7.52. The average Bonchev–Trinajstić information content (AvgIpc) is 2.22. The van der Waals surface area contributed by atoms with Crippen molar-refractivity contribution in [2.24, 2.45) is 0 Å². The molecule has 1 amide bonds. The van der Waals surface area contributed by atoms with E-state index in [1.807, 2.05) is 21.0 Å². The van der Waals surface area contributed by atoms with Crippen LogP contribution in [0.5, 0.6) is 0 Å². The summed E-state index contributed by atoms with van der Waals surface area (Å²) in [6.07, 6.45) is 1.85. The van der Waals surface area contributed by atoms with Crippen LogP contribution in [0.25, 0.3) is 0 Å². The third-order valence-electron chi connectivity index (χ3n) is 1.94. The molecule has 0 rings (SSSR count). The van der Waals surface area contributed by atoms with Crippen molar-refractivity contribution in [2.75, 3.05) is 39.7 Å². The van der Waals surface area contributed by atoms with Crippen molar-refractivity contribution >= 4 is 17.5 Å². The van der Waals surface area contributed by atoms with Crippen molar-refractivity contribution in [3.8, 4) is 0 Å². The Hall–Kier alpha value is -0.360. The molecule has 0 heterocycles. The number of carbonyl (C=O) groups is 1. The third-order valence-corrected chi connectivity index (χ3v) is 2.19. The third kappa shape index (κ3) is 8.91. The molecule has 0 saturated heterocycles. The summed E-state index contributed by atoms with van der Waals surface area (Å²) in [5.41, 5.74) is 2.80. The molecule has 0 saturated carbocycles. The minimum absolute atomic E-state index is 0.00483. The molecule has 1 N–H and O–H groups in total. The molecule has 0 aliphatic rings. The summed E-state index contributed by atoms with van der Waals surface area (Å²) < 4.78 is 0.431. The van der Waals surface area contributed by atoms with Crippen LogP contribution in [0.4, 0.5) is 0 Å². The SMILES string of the molecule is CCOOCCCC[N+](C)(C)NC(=O)CCl. The van der Waals surface area contributed by atoms with Gasteiger partial charge in [-0.25, -0.2) is 19.8 Å². The van der Waals surface area contributed by atoms with Crippen LogP contribution in [-0.4, -0.2) is 50.2 Å². The van der Waals surface area contributed by atoms with Gasteiger partial charge in [0.25, 0.3) is 5.91 Å². The molecule has 0 aromatic rings. The molecule has 0 unspecified atom stereocenters. The highest BCUT2D eigenvalue weighted by Gasteiger charge is 2.17. The van der Waals surface area contributed by atoms with Gasteiger partial charge >= 0.3 is 0 Å². The van der Waals surface area contributed by atoms with Crippen LogP contribution in [-0.2, 0) is 14.6 Å². The van der Waals surface area contributed by atoms with E-state index in [2.05, 4.69) is 5.43 Å². The van der Waals surface area contributed by atoms with E-state index in [1.54, 1.807) is 0 Å². The summed E-state index contributed by atoms with van der Waals surface area (Å²) in [6.45, 7) is 3.85. The van der Waals surface area contributed by atoms with Crippen molar-refractivity contribution in [1.29, 1.82) is 0 Å². The molecule has 5 nitrogen and oxygen atoms in total. The van der Waals surface area contributed by atoms with Crippen molar-refractivity contribution in [3.63, 3.8) is 0 Å². The van der Waals surface area contributed by atoms with E-state index in [0.717, 1.165) is 19.4 Å². The highest BCUT2D eigenvalue weighted by molar-refractivity contribution is 6.27. The Labute approximate surface area is 102 Å². The van der Waals surface area contributed by atoms with E-state index in [9.17, 15) is 4.79 Å². The zero-order valence-electron chi connectivity index (χ0n) is 10.3. The topological polar surface area (TPSA) is 47.6 Å². The summed E-state index contributed by atoms with van der Waals surface area (Å²) in [4.78, 5) is 20.7. The number of amides is 1. The van der Waals surface area contributed by atoms with Crippen molar-refractivity contribution in [2.45, 2.75) is 19.8 Å². The van der Waals surface area contributed by atoms with Crippen LogP contribution < -0.4 is 5.43 Å². The normalized spacial score (nSPS) is 11.5. The van der Waals surface area contributed by atoms with Gasteiger partial charge in [0.15, 0.2) is 0 Å². The highest BCUT2D eigenvalue weighted by Crippen LogP contribution is 1.99. The number of unbranched alkanes of at least 4 members (excludes halogenated alkanes) is 1. The maximum absolute atomic E-state index is 11.1. The Morgan fingerprint density at radius 2 is 2.00 bits per heavy atom. The standard InChI is InChI=1S/C10H21ClN2O3/c1-4-15-16-8-6-5-7-13(2,3)12-10(14)9-11/h4-9H2,1-3H3/p+1. The Kier molecular flexibility index (Phi) is 8.56. The second-order valence-corrected chi connectivity index (χ2v) is 4.28. The van der Waals surface area contributed by atoms with Crippen LogP contribution in [0.1, 0.15) is 19.8 Å². The summed E-state index contributed by atoms with van der Waals surface area (Å²) >= 11 is 5.42. The Bertz CT molecular complexity index is 201. The summed E-state index contributed by atoms with van der Waals surface area (Å²) in [5.74, 6) is -0.160. The number of nitrogens with one attached hydrogen (secondary N) is 1. The largest absolute Gasteiger partial charge is 0.279 e. The molecule has 0 aliphatic carbocycles. The maximum Gasteiger partial charge on any atom is 0.279 e. The fraction of sp³-hybridized carbons (Fsp3) is 0.900. The molecular weight excluding hydrogens is 232 g/mol. The maximum atomic E-state index is 11.1. The predicted octanol–water partition coefficient (Wildman–Crippen LogP) is 1.08. The lowest BCUT2D eigenvalue weighted by molar-refractivity contribution is -0.925. The van der Waals surface area contributed by atoms with Gasteiger partial charge in [0.1, 0.15) is 12.4 Å². The number of hydrogen-bond donors (Lipinski definition) is 1. The molecule has 0 fully saturated rings. The first kappa shape index (κ1) is 15.6. The number of rotatable bonds is 9. The van der Waals surface area contributed by atoms with Gasteiger partial charge in [-0.15, -0.1) is 11.6 Å². The zero-order valence-corrected chi connectivity index (χ0v) is 11.0. The van der Waals surface area contributed by atoms with Gasteiger partial charge in [-0.2, -0.15) is 0 Å². The quantitative estimate of drug-likeness (QED) is 0.220. The Morgan fingerprint density at radius 1 is 1.31 bits per heavy atom. The Balaban J connectivity index is 3.54. The van der Waals surface area contributed by atoms with E-state index < -0.39 is 0 Å². The minimum Gasteiger partial charge on any atom is -0.269 e. The van der Waals surface area contributed by atoms with Gasteiger partial charge in [0.05, 0.1) is 27.3 Å². The number of quaternary nitrogens is 1. The summed E-state index contributed by atoms with van der Waals surface area (Å²) in [5, 5.41) is 0. The lowest BCUT2D eigenvalue weighted by Gasteiger charge is -2.28. The Morgan fingerprint density at radius 3 is 2.56 bits per heavy atom. The van der Waals surface area contributed by atoms with Gasteiger partial charge < -0.3 is 0 Å². The molecule has 0 spiro atoms. The van der Waals surface area contributed by atoms with Crippen molar-refractivity contribution in [1.82, 2.24) is 5.43 Å². The molecule has 0 aromatic heterocycles. The number of hydrogen-bond acceptors (Lipinski definition) is 3. The average molecular weight is 254 g/mol. The molecular formula is C10H22ClN2O3+. The van der Waals surface area contributed by atoms with Crippen LogP contribution in [0.3, 0.4) is 0 Å². The van der Waals surface area contributed by atoms with E-state index in [4.69, 9.17) is 21.4 Å². The van der Waals surface area contributed by atoms with Crippen LogP contribution in [0, 0.1) is 0 Å². The predicted molar refractivity (Wildman–Crippen MR) is 62.7 cm³/mol. The lowest BCUT2D eigenvalue weighted by atomic mass is 10.3. The van der Waals surface area contributed by atoms with E-state index >= 15 is 0 Å². The number of carbonyl (C=O) groups excluding carboxylic acids is 1. The van der Waals surface area contributed by atoms with Crippen LogP contribution >= 0.6 is 11.6 Å². The van der Waals surface area contributed by atoms with E-state index in [-0.39, 0.29) is 11.8 Å². The highest BCUT2D eigenvalue weighted by atomic mass is 35.5. The second kappa shape index (κ2) is 8.75. The van der Waals surface area contributed by atoms with Gasteiger partial charge in [-0.1, -0.05) is 0 Å². The van der Waals surface area contributed by atoms with Gasteiger partial charge in [0.2, 0.25) is 0 Å². The monoisotopic (exact) mass is 253 g/mol. The number of halogens is 1. The summed E-state index contributed by atoms with van der Waals surface area (Å²) in [7, 11) is 3.85. The second-order valence-electron chi connectivity index (χ2n) is 4.01. The fourth-order valence-corrected chi connectivity index (χ4v) is 1.29. The van der Waals surface area contributed by atoms with E-state index in [0.29, 0.717) is 17.8 Å². The van der Waals surface area contributed by atoms with Gasteiger partial charge in [0, 0.05) is 6.42 Å². The molecule has 0 aliphatic heterocycles. The first-order valence-corrected chi connectivity index (χ1v) is 5.99. The van der Waals surface area contributed by atoms with Crippen LogP contribution in [0.2, 0.25) is 0 Å². The minimum atomic E-state index is -0.155. The molecule has 0 atom stereocenters. The van der Waals surface area contributed by atoms with Crippen molar-refractivity contribution in [3.05, 3.63) is 0 Å². The summed E-state index contributed by atoms with van der Waals surface area (Å²) in [6, 6.07) is 0. The van der Waals surface area contributed by atoms with Gasteiger partial charge in [-0.05, 0) is 13.3 Å². The fourth-order valence-electron chi connectivity index (χ4n) is 1.23. The molecule has 0 radical (unpaired) electrons. The molecule has 6 heteroatoms.